The molecule has 4 heterocycles. The molecule has 75 heavy (non-hydrogen) atoms. The number of carbonyl (C=O) groups is 5. The summed E-state index contributed by atoms with van der Waals surface area (Å²) in [6.07, 6.45) is -2.03. The summed E-state index contributed by atoms with van der Waals surface area (Å²) in [5.74, 6) is -2.37. The lowest BCUT2D eigenvalue weighted by Crippen LogP contribution is -2.65. The van der Waals surface area contributed by atoms with Gasteiger partial charge in [0, 0.05) is 91.7 Å². The molecule has 7 rings (SSSR count). The summed E-state index contributed by atoms with van der Waals surface area (Å²) in [5, 5.41) is 32.8. The van der Waals surface area contributed by atoms with Crippen molar-refractivity contribution in [2.45, 2.75) is 102 Å². The second-order valence-electron chi connectivity index (χ2n) is 20.4. The third-order valence-electron chi connectivity index (χ3n) is 14.5. The van der Waals surface area contributed by atoms with Gasteiger partial charge in [0.25, 0.3) is 17.1 Å². The molecular formula is C50H61N7O16SSi. The van der Waals surface area contributed by atoms with Gasteiger partial charge in [0.1, 0.15) is 38.2 Å². The lowest BCUT2D eigenvalue weighted by molar-refractivity contribution is -0.385. The van der Waals surface area contributed by atoms with Crippen molar-refractivity contribution in [3.63, 3.8) is 0 Å². The van der Waals surface area contributed by atoms with Crippen LogP contribution >= 0.6 is 11.8 Å². The quantitative estimate of drug-likeness (QED) is 0.0279. The summed E-state index contributed by atoms with van der Waals surface area (Å²) in [5.41, 5.74) is 1.21. The van der Waals surface area contributed by atoms with E-state index in [4.69, 9.17) is 23.4 Å². The normalized spacial score (nSPS) is 21.2. The van der Waals surface area contributed by atoms with Crippen LogP contribution in [0.5, 0.6) is 0 Å². The molecule has 0 aliphatic carbocycles. The monoisotopic (exact) mass is 1080 g/mol. The standard InChI is InChI=1S/C50H61N7O16SSi/c1-31-42-41(32(2)73-75(6,7)50(3,4)5)46(59)54(42)43(47(60)70-28-33-8-14-36(15-9-33)55(63)64)44(31)74-39-26-40(53(27-39)48(61)71-29-34-10-16-37(17-11-34)56(65)66)45(58)52-22-20-51(21-23-52)24-25-69-49(62)72-30-35-12-18-38(19-13-35)57(67)68/h8-19,31-32,39-42H,20-30H2,1-7H3/t31-,32-,39+,40+,41-,42-/m1/s1. The second kappa shape index (κ2) is 23.3. The van der Waals surface area contributed by atoms with E-state index in [-0.39, 0.29) is 92.1 Å². The molecule has 3 saturated heterocycles. The van der Waals surface area contributed by atoms with E-state index in [0.29, 0.717) is 41.2 Å². The molecule has 6 atom stereocenters. The Morgan fingerprint density at radius 3 is 1.73 bits per heavy atom. The van der Waals surface area contributed by atoms with E-state index in [1.165, 1.54) is 94.4 Å². The average molecular weight is 1080 g/mol. The number of non-ortho nitro benzene ring substituents is 3. The highest BCUT2D eigenvalue weighted by molar-refractivity contribution is 8.03. The van der Waals surface area contributed by atoms with Crippen molar-refractivity contribution in [2.75, 3.05) is 45.9 Å². The molecule has 0 N–H and O–H groups in total. The molecule has 0 bridgehead atoms. The van der Waals surface area contributed by atoms with Gasteiger partial charge in [-0.2, -0.15) is 0 Å². The van der Waals surface area contributed by atoms with E-state index in [0.717, 1.165) is 0 Å². The van der Waals surface area contributed by atoms with Crippen LogP contribution in [0.1, 0.15) is 57.7 Å². The minimum Gasteiger partial charge on any atom is -0.456 e. The zero-order valence-electron chi connectivity index (χ0n) is 42.7. The molecule has 25 heteroatoms. The van der Waals surface area contributed by atoms with E-state index in [1.54, 1.807) is 4.90 Å². The van der Waals surface area contributed by atoms with Crippen LogP contribution in [0.25, 0.3) is 0 Å². The molecule has 4 aliphatic rings. The Bertz CT molecular complexity index is 2690. The van der Waals surface area contributed by atoms with E-state index in [2.05, 4.69) is 33.9 Å². The number of esters is 1. The van der Waals surface area contributed by atoms with E-state index >= 15 is 0 Å². The van der Waals surface area contributed by atoms with Crippen molar-refractivity contribution in [3.8, 4) is 0 Å². The highest BCUT2D eigenvalue weighted by atomic mass is 32.2. The molecule has 23 nitrogen and oxygen atoms in total. The number of hydrogen-bond donors (Lipinski definition) is 0. The first-order valence-electron chi connectivity index (χ1n) is 24.5. The van der Waals surface area contributed by atoms with Crippen LogP contribution in [0.4, 0.5) is 26.7 Å². The minimum atomic E-state index is -2.35. The fraction of sp³-hybridized carbons (Fsp3) is 0.500. The van der Waals surface area contributed by atoms with Gasteiger partial charge in [0.2, 0.25) is 11.8 Å². The summed E-state index contributed by atoms with van der Waals surface area (Å²) >= 11 is 1.30. The largest absolute Gasteiger partial charge is 0.508 e. The maximum Gasteiger partial charge on any atom is 0.508 e. The Labute approximate surface area is 438 Å². The van der Waals surface area contributed by atoms with Crippen molar-refractivity contribution < 1.29 is 62.1 Å². The van der Waals surface area contributed by atoms with Gasteiger partial charge >= 0.3 is 18.2 Å². The number of fused-ring (bicyclic) bond motifs is 1. The first-order chi connectivity index (χ1) is 35.4. The van der Waals surface area contributed by atoms with Crippen molar-refractivity contribution in [1.82, 2.24) is 19.6 Å². The van der Waals surface area contributed by atoms with Gasteiger partial charge in [0.15, 0.2) is 8.32 Å². The highest BCUT2D eigenvalue weighted by Gasteiger charge is 2.62. The summed E-state index contributed by atoms with van der Waals surface area (Å²) in [7, 11) is -2.35. The number of hydrogen-bond acceptors (Lipinski definition) is 18. The summed E-state index contributed by atoms with van der Waals surface area (Å²) < 4.78 is 28.7. The smallest absolute Gasteiger partial charge is 0.456 e. The molecule has 3 fully saturated rings. The molecule has 3 amide bonds. The molecule has 3 aromatic rings. The summed E-state index contributed by atoms with van der Waals surface area (Å²) in [6, 6.07) is 15.2. The van der Waals surface area contributed by atoms with Crippen LogP contribution in [0.2, 0.25) is 18.1 Å². The Kier molecular flexibility index (Phi) is 17.3. The number of thioether (sulfide) groups is 1. The van der Waals surface area contributed by atoms with Crippen molar-refractivity contribution in [2.24, 2.45) is 11.8 Å². The number of likely N-dealkylation sites (tertiary alicyclic amines) is 1. The number of rotatable bonds is 19. The molecular weight excluding hydrogens is 1010 g/mol. The SMILES string of the molecule is C[C@@H](O[Si](C)(C)C(C)(C)C)[C@H]1C(=O)N2C(C(=O)OCc3ccc([N+](=O)[O-])cc3)=C(S[C@H]3C[C@@H](C(=O)N4CCN(CCOC(=O)OCc5ccc([N+](=O)[O-])cc5)CC4)N(C(=O)OCc4ccc([N+](=O)[O-])cc4)C3)[C@H](C)[C@H]12. The van der Waals surface area contributed by atoms with Crippen molar-refractivity contribution in [1.29, 1.82) is 0 Å². The fourth-order valence-corrected chi connectivity index (χ4v) is 12.3. The van der Waals surface area contributed by atoms with Gasteiger partial charge < -0.3 is 33.2 Å². The Balaban J connectivity index is 1.05. The molecule has 3 aromatic carbocycles. The molecule has 402 valence electrons. The predicted molar refractivity (Wildman–Crippen MR) is 273 cm³/mol. The fourth-order valence-electron chi connectivity index (χ4n) is 9.30. The van der Waals surface area contributed by atoms with E-state index < -0.39 is 76.6 Å². The van der Waals surface area contributed by atoms with Crippen LogP contribution in [0.15, 0.2) is 83.4 Å². The van der Waals surface area contributed by atoms with Gasteiger partial charge in [-0.05, 0) is 84.6 Å². The number of nitrogens with zero attached hydrogens (tertiary/aromatic N) is 7. The number of benzene rings is 3. The zero-order valence-corrected chi connectivity index (χ0v) is 44.6. The van der Waals surface area contributed by atoms with Crippen LogP contribution in [-0.4, -0.2) is 142 Å². The summed E-state index contributed by atoms with van der Waals surface area (Å²) in [6.45, 7) is 15.5. The van der Waals surface area contributed by atoms with Gasteiger partial charge in [-0.3, -0.25) is 49.7 Å². The molecule has 4 aliphatic heterocycles. The topological polar surface area (TPSA) is 274 Å². The lowest BCUT2D eigenvalue weighted by atomic mass is 9.79. The highest BCUT2D eigenvalue weighted by Crippen LogP contribution is 2.54. The predicted octanol–water partition coefficient (Wildman–Crippen LogP) is 7.56. The average Bonchev–Trinajstić information content (AvgIpc) is 3.92. The third kappa shape index (κ3) is 12.9. The minimum absolute atomic E-state index is 0.00298. The number of amides is 3. The number of ether oxygens (including phenoxy) is 4. The number of nitro groups is 3. The maximum atomic E-state index is 14.6. The third-order valence-corrected chi connectivity index (χ3v) is 20.6. The number of nitro benzene ring substituents is 3. The molecule has 0 saturated carbocycles. The van der Waals surface area contributed by atoms with E-state index in [1.807, 2.05) is 18.7 Å². The van der Waals surface area contributed by atoms with Crippen molar-refractivity contribution in [3.05, 3.63) is 130 Å². The molecule has 0 radical (unpaired) electrons. The number of carbonyl (C=O) groups excluding carboxylic acids is 5. The van der Waals surface area contributed by atoms with Crippen molar-refractivity contribution >= 4 is 67.2 Å². The van der Waals surface area contributed by atoms with Gasteiger partial charge in [0.05, 0.1) is 32.8 Å². The zero-order chi connectivity index (χ0) is 54.5. The molecule has 0 spiro atoms. The van der Waals surface area contributed by atoms with Crippen LogP contribution in [0, 0.1) is 42.2 Å². The maximum absolute atomic E-state index is 14.6. The molecule has 0 unspecified atom stereocenters. The van der Waals surface area contributed by atoms with Crippen LogP contribution < -0.4 is 0 Å². The first kappa shape index (κ1) is 55.8. The van der Waals surface area contributed by atoms with E-state index in [9.17, 15) is 54.3 Å². The molecule has 0 aromatic heterocycles. The van der Waals surface area contributed by atoms with Crippen LogP contribution in [0.3, 0.4) is 0 Å². The van der Waals surface area contributed by atoms with Gasteiger partial charge in [-0.1, -0.05) is 27.7 Å². The number of β-lactam (4-membered cyclic amide) rings is 1. The second-order valence-corrected chi connectivity index (χ2v) is 26.5. The Morgan fingerprint density at radius 1 is 0.747 bits per heavy atom. The van der Waals surface area contributed by atoms with Gasteiger partial charge in [-0.15, -0.1) is 11.8 Å². The number of piperazine rings is 1. The van der Waals surface area contributed by atoms with Crippen LogP contribution in [-0.2, 0) is 57.6 Å². The first-order valence-corrected chi connectivity index (χ1v) is 28.3. The Morgan fingerprint density at radius 2 is 1.24 bits per heavy atom. The Hall–Kier alpha value is -6.96. The van der Waals surface area contributed by atoms with Gasteiger partial charge in [-0.25, -0.2) is 14.4 Å². The summed E-state index contributed by atoms with van der Waals surface area (Å²) in [4.78, 5) is 108. The lowest BCUT2D eigenvalue weighted by Gasteiger charge is -2.50.